The van der Waals surface area contributed by atoms with Gasteiger partial charge in [-0.25, -0.2) is 13.1 Å². The van der Waals surface area contributed by atoms with Crippen LogP contribution in [0, 0.1) is 5.92 Å². The third-order valence-electron chi connectivity index (χ3n) is 5.13. The molecule has 1 aliphatic carbocycles. The van der Waals surface area contributed by atoms with E-state index >= 15 is 0 Å². The van der Waals surface area contributed by atoms with Crippen LogP contribution in [0.2, 0.25) is 0 Å². The SMILES string of the molecule is C=C(C)CN1CCC(NC(=NC)NCCS(=O)(=O)NCC2CCC2)CC1.I. The molecule has 158 valence electrons. The molecule has 0 radical (unpaired) electrons. The Morgan fingerprint density at radius 3 is 2.41 bits per heavy atom. The quantitative estimate of drug-likeness (QED) is 0.189. The maximum Gasteiger partial charge on any atom is 0.213 e. The van der Waals surface area contributed by atoms with Gasteiger partial charge < -0.3 is 10.6 Å². The Morgan fingerprint density at radius 1 is 1.22 bits per heavy atom. The molecule has 1 saturated heterocycles. The maximum absolute atomic E-state index is 12.0. The largest absolute Gasteiger partial charge is 0.355 e. The Kier molecular flexibility index (Phi) is 11.2. The van der Waals surface area contributed by atoms with Crippen LogP contribution in [-0.2, 0) is 10.0 Å². The lowest BCUT2D eigenvalue weighted by atomic mass is 9.86. The van der Waals surface area contributed by atoms with Crippen LogP contribution in [0.1, 0.15) is 39.0 Å². The molecular weight excluding hydrogens is 477 g/mol. The lowest BCUT2D eigenvalue weighted by Crippen LogP contribution is -2.49. The molecule has 0 unspecified atom stereocenters. The number of halogens is 1. The van der Waals surface area contributed by atoms with Crippen LogP contribution in [0.3, 0.4) is 0 Å². The number of hydrogen-bond acceptors (Lipinski definition) is 4. The van der Waals surface area contributed by atoms with Gasteiger partial charge in [0.1, 0.15) is 0 Å². The van der Waals surface area contributed by atoms with E-state index in [9.17, 15) is 8.42 Å². The van der Waals surface area contributed by atoms with Crippen molar-refractivity contribution in [2.24, 2.45) is 10.9 Å². The fourth-order valence-electron chi connectivity index (χ4n) is 3.32. The summed E-state index contributed by atoms with van der Waals surface area (Å²) in [6.07, 6.45) is 5.61. The van der Waals surface area contributed by atoms with Crippen molar-refractivity contribution in [3.63, 3.8) is 0 Å². The monoisotopic (exact) mass is 513 g/mol. The zero-order chi connectivity index (χ0) is 19.0. The predicted molar refractivity (Wildman–Crippen MR) is 123 cm³/mol. The number of sulfonamides is 1. The summed E-state index contributed by atoms with van der Waals surface area (Å²) in [5.74, 6) is 1.28. The van der Waals surface area contributed by atoms with E-state index in [-0.39, 0.29) is 29.7 Å². The Bertz CT molecular complexity index is 585. The number of nitrogens with zero attached hydrogens (tertiary/aromatic N) is 2. The standard InChI is InChI=1S/C18H35N5O2S.HI/c1-15(2)14-23-10-7-17(8-11-23)22-18(19-3)20-9-12-26(24,25)21-13-16-5-4-6-16;/h16-17,21H,1,4-14H2,2-3H3,(H2,19,20,22);1H. The highest BCUT2D eigenvalue weighted by Gasteiger charge is 2.21. The summed E-state index contributed by atoms with van der Waals surface area (Å²) in [4.78, 5) is 6.63. The molecule has 0 amide bonds. The Balaban J connectivity index is 0.00000364. The summed E-state index contributed by atoms with van der Waals surface area (Å²) >= 11 is 0. The van der Waals surface area contributed by atoms with E-state index in [2.05, 4.69) is 38.8 Å². The van der Waals surface area contributed by atoms with Crippen molar-refractivity contribution in [2.75, 3.05) is 45.5 Å². The van der Waals surface area contributed by atoms with Crippen molar-refractivity contribution < 1.29 is 8.42 Å². The van der Waals surface area contributed by atoms with Gasteiger partial charge >= 0.3 is 0 Å². The first-order valence-electron chi connectivity index (χ1n) is 9.69. The van der Waals surface area contributed by atoms with Gasteiger partial charge in [0.15, 0.2) is 5.96 Å². The summed E-state index contributed by atoms with van der Waals surface area (Å²) in [7, 11) is -1.50. The number of nitrogens with one attached hydrogen (secondary N) is 3. The summed E-state index contributed by atoms with van der Waals surface area (Å²) < 4.78 is 26.8. The van der Waals surface area contributed by atoms with Crippen molar-refractivity contribution in [3.8, 4) is 0 Å². The first kappa shape index (κ1) is 24.6. The van der Waals surface area contributed by atoms with E-state index in [1.54, 1.807) is 7.05 Å². The van der Waals surface area contributed by atoms with Gasteiger partial charge in [-0.15, -0.1) is 24.0 Å². The molecule has 27 heavy (non-hydrogen) atoms. The fourth-order valence-corrected chi connectivity index (χ4v) is 4.33. The van der Waals surface area contributed by atoms with E-state index in [1.165, 1.54) is 12.0 Å². The van der Waals surface area contributed by atoms with E-state index in [1.807, 2.05) is 0 Å². The number of aliphatic imine (C=N–C) groups is 1. The van der Waals surface area contributed by atoms with Crippen LogP contribution >= 0.6 is 24.0 Å². The van der Waals surface area contributed by atoms with Crippen molar-refractivity contribution in [2.45, 2.75) is 45.1 Å². The lowest BCUT2D eigenvalue weighted by Gasteiger charge is -2.33. The Morgan fingerprint density at radius 2 is 1.89 bits per heavy atom. The molecule has 2 fully saturated rings. The van der Waals surface area contributed by atoms with Gasteiger partial charge in [-0.2, -0.15) is 0 Å². The minimum atomic E-state index is -3.22. The molecule has 0 bridgehead atoms. The van der Waals surface area contributed by atoms with Crippen molar-refractivity contribution >= 4 is 40.0 Å². The number of piperidine rings is 1. The Labute approximate surface area is 181 Å². The number of guanidine groups is 1. The van der Waals surface area contributed by atoms with E-state index in [4.69, 9.17) is 0 Å². The Hall–Kier alpha value is -0.390. The fraction of sp³-hybridized carbons (Fsp3) is 0.833. The molecule has 2 rings (SSSR count). The average Bonchev–Trinajstić information content (AvgIpc) is 2.53. The van der Waals surface area contributed by atoms with Crippen LogP contribution in [0.25, 0.3) is 0 Å². The molecule has 0 aromatic rings. The number of rotatable bonds is 9. The first-order valence-corrected chi connectivity index (χ1v) is 11.3. The molecular formula is C18H36IN5O2S. The molecule has 9 heteroatoms. The second-order valence-electron chi connectivity index (χ2n) is 7.62. The molecule has 0 aromatic heterocycles. The molecule has 7 nitrogen and oxygen atoms in total. The van der Waals surface area contributed by atoms with Gasteiger partial charge in [-0.05, 0) is 38.5 Å². The highest BCUT2D eigenvalue weighted by Crippen LogP contribution is 2.25. The van der Waals surface area contributed by atoms with Crippen molar-refractivity contribution in [3.05, 3.63) is 12.2 Å². The topological polar surface area (TPSA) is 85.8 Å². The lowest BCUT2D eigenvalue weighted by molar-refractivity contribution is 0.221. The van der Waals surface area contributed by atoms with E-state index < -0.39 is 10.0 Å². The maximum atomic E-state index is 12.0. The van der Waals surface area contributed by atoms with Gasteiger partial charge in [0, 0.05) is 45.8 Å². The second kappa shape index (κ2) is 12.2. The van der Waals surface area contributed by atoms with E-state index in [0.717, 1.165) is 45.3 Å². The molecule has 0 spiro atoms. The molecule has 1 heterocycles. The minimum Gasteiger partial charge on any atom is -0.355 e. The zero-order valence-corrected chi connectivity index (χ0v) is 19.8. The van der Waals surface area contributed by atoms with Gasteiger partial charge in [0.25, 0.3) is 0 Å². The molecule has 2 aliphatic rings. The normalized spacial score (nSPS) is 19.9. The third-order valence-corrected chi connectivity index (χ3v) is 6.47. The van der Waals surface area contributed by atoms with E-state index in [0.29, 0.717) is 31.0 Å². The van der Waals surface area contributed by atoms with Crippen LogP contribution in [0.15, 0.2) is 17.1 Å². The van der Waals surface area contributed by atoms with Gasteiger partial charge in [-0.1, -0.05) is 18.6 Å². The van der Waals surface area contributed by atoms with Crippen LogP contribution in [0.4, 0.5) is 0 Å². The second-order valence-corrected chi connectivity index (χ2v) is 9.54. The van der Waals surface area contributed by atoms with Gasteiger partial charge in [0.2, 0.25) is 10.0 Å². The molecule has 1 aliphatic heterocycles. The highest BCUT2D eigenvalue weighted by atomic mass is 127. The zero-order valence-electron chi connectivity index (χ0n) is 16.7. The smallest absolute Gasteiger partial charge is 0.213 e. The van der Waals surface area contributed by atoms with Crippen LogP contribution < -0.4 is 15.4 Å². The summed E-state index contributed by atoms with van der Waals surface area (Å²) in [5.41, 5.74) is 1.20. The summed E-state index contributed by atoms with van der Waals surface area (Å²) in [6, 6.07) is 0.371. The van der Waals surface area contributed by atoms with Gasteiger partial charge in [0.05, 0.1) is 5.75 Å². The van der Waals surface area contributed by atoms with Crippen molar-refractivity contribution in [1.29, 1.82) is 0 Å². The number of likely N-dealkylation sites (tertiary alicyclic amines) is 1. The van der Waals surface area contributed by atoms with Crippen LogP contribution in [0.5, 0.6) is 0 Å². The molecule has 0 aromatic carbocycles. The predicted octanol–water partition coefficient (Wildman–Crippen LogP) is 1.53. The summed E-state index contributed by atoms with van der Waals surface area (Å²) in [5, 5.41) is 6.53. The third kappa shape index (κ3) is 9.58. The molecule has 1 saturated carbocycles. The first-order chi connectivity index (χ1) is 12.4. The number of hydrogen-bond donors (Lipinski definition) is 3. The molecule has 3 N–H and O–H groups in total. The highest BCUT2D eigenvalue weighted by molar-refractivity contribution is 14.0. The minimum absolute atomic E-state index is 0. The summed E-state index contributed by atoms with van der Waals surface area (Å²) in [6.45, 7) is 10.0. The van der Waals surface area contributed by atoms with Crippen LogP contribution in [-0.4, -0.2) is 70.8 Å². The average molecular weight is 513 g/mol. The van der Waals surface area contributed by atoms with Gasteiger partial charge in [-0.3, -0.25) is 9.89 Å². The molecule has 0 atom stereocenters. The van der Waals surface area contributed by atoms with Crippen molar-refractivity contribution in [1.82, 2.24) is 20.3 Å².